The van der Waals surface area contributed by atoms with E-state index < -0.39 is 11.0 Å². The summed E-state index contributed by atoms with van der Waals surface area (Å²) in [6.07, 6.45) is 4.08. The molecule has 0 saturated carbocycles. The van der Waals surface area contributed by atoms with Crippen LogP contribution in [0.1, 0.15) is 50.6 Å². The van der Waals surface area contributed by atoms with Gasteiger partial charge in [0, 0.05) is 29.5 Å². The number of fused-ring (bicyclic) bond motifs is 1. The molecule has 0 spiro atoms. The van der Waals surface area contributed by atoms with E-state index in [2.05, 4.69) is 22.3 Å². The Morgan fingerprint density at radius 3 is 2.96 bits per heavy atom. The van der Waals surface area contributed by atoms with Crippen molar-refractivity contribution in [2.45, 2.75) is 50.2 Å². The summed E-state index contributed by atoms with van der Waals surface area (Å²) < 4.78 is 1.64. The largest absolute Gasteiger partial charge is 0.328 e. The number of nitrogens with zero attached hydrogens (tertiary/aromatic N) is 4. The first-order valence-corrected chi connectivity index (χ1v) is 10.4. The topological polar surface area (TPSA) is 103 Å². The van der Waals surface area contributed by atoms with E-state index >= 15 is 0 Å². The number of ketones is 1. The molecule has 0 bridgehead atoms. The van der Waals surface area contributed by atoms with E-state index in [0.717, 1.165) is 37.1 Å². The van der Waals surface area contributed by atoms with Gasteiger partial charge in [-0.15, -0.1) is 5.10 Å². The number of nitro groups is 1. The molecule has 0 amide bonds. The fourth-order valence-corrected chi connectivity index (χ4v) is 4.59. The van der Waals surface area contributed by atoms with Gasteiger partial charge in [0.05, 0.1) is 10.5 Å². The third-order valence-electron chi connectivity index (χ3n) is 5.01. The zero-order valence-corrected chi connectivity index (χ0v) is 16.4. The molecule has 1 aliphatic carbocycles. The Balaban J connectivity index is 1.83. The number of carbonyl (C=O) groups excluding carboxylic acids is 1. The van der Waals surface area contributed by atoms with E-state index in [4.69, 9.17) is 0 Å². The molecule has 1 aromatic heterocycles. The number of rotatable bonds is 6. The van der Waals surface area contributed by atoms with Crippen molar-refractivity contribution in [3.63, 3.8) is 0 Å². The van der Waals surface area contributed by atoms with Gasteiger partial charge in [0.25, 0.3) is 5.69 Å². The summed E-state index contributed by atoms with van der Waals surface area (Å²) in [7, 11) is 0. The maximum Gasteiger partial charge on any atom is 0.275 e. The lowest BCUT2D eigenvalue weighted by Crippen LogP contribution is -2.31. The quantitative estimate of drug-likeness (QED) is 0.337. The van der Waals surface area contributed by atoms with Crippen LogP contribution in [0, 0.1) is 10.1 Å². The molecule has 2 aliphatic rings. The number of hydrogen-bond acceptors (Lipinski definition) is 7. The van der Waals surface area contributed by atoms with Crippen molar-refractivity contribution < 1.29 is 9.72 Å². The Kier molecular flexibility index (Phi) is 5.17. The summed E-state index contributed by atoms with van der Waals surface area (Å²) in [6, 6.07) is 5.93. The highest BCUT2D eigenvalue weighted by atomic mass is 32.2. The zero-order valence-electron chi connectivity index (χ0n) is 15.6. The number of Topliss-reactive ketones (excluding diaryl/α,β-unsaturated/α-hetero) is 1. The highest BCUT2D eigenvalue weighted by Crippen LogP contribution is 2.42. The number of hydrogen-bond donors (Lipinski definition) is 1. The Hall–Kier alpha value is -2.68. The number of allylic oxidation sites excluding steroid dienone is 2. The van der Waals surface area contributed by atoms with Crippen LogP contribution < -0.4 is 5.32 Å². The molecule has 28 heavy (non-hydrogen) atoms. The van der Waals surface area contributed by atoms with Crippen LogP contribution in [-0.2, 0) is 4.79 Å². The monoisotopic (exact) mass is 399 g/mol. The fourth-order valence-electron chi connectivity index (χ4n) is 3.68. The molecule has 1 aromatic carbocycles. The van der Waals surface area contributed by atoms with E-state index in [1.165, 1.54) is 6.07 Å². The molecule has 8 nitrogen and oxygen atoms in total. The second-order valence-electron chi connectivity index (χ2n) is 6.88. The number of benzene rings is 1. The lowest BCUT2D eigenvalue weighted by molar-refractivity contribution is -0.385. The first-order chi connectivity index (χ1) is 13.6. The van der Waals surface area contributed by atoms with Gasteiger partial charge < -0.3 is 5.32 Å². The number of unbranched alkanes of at least 4 members (excludes halogenated alkanes) is 1. The summed E-state index contributed by atoms with van der Waals surface area (Å²) in [4.78, 5) is 28.6. The summed E-state index contributed by atoms with van der Waals surface area (Å²) >= 11 is 1.56. The van der Waals surface area contributed by atoms with Crippen molar-refractivity contribution in [3.05, 3.63) is 51.2 Å². The number of carbonyl (C=O) groups is 1. The Labute approximate surface area is 166 Å². The first kappa shape index (κ1) is 18.7. The normalized spacial score (nSPS) is 18.5. The number of para-hydroxylation sites is 1. The van der Waals surface area contributed by atoms with Crippen LogP contribution in [0.2, 0.25) is 0 Å². The second-order valence-corrected chi connectivity index (χ2v) is 7.94. The van der Waals surface area contributed by atoms with Gasteiger partial charge >= 0.3 is 0 Å². The third kappa shape index (κ3) is 3.30. The minimum Gasteiger partial charge on any atom is -0.328 e. The second kappa shape index (κ2) is 7.75. The highest BCUT2D eigenvalue weighted by molar-refractivity contribution is 7.99. The molecule has 1 aliphatic heterocycles. The van der Waals surface area contributed by atoms with Gasteiger partial charge in [-0.25, -0.2) is 4.68 Å². The highest BCUT2D eigenvalue weighted by Gasteiger charge is 2.39. The molecular formula is C19H21N5O3S. The van der Waals surface area contributed by atoms with Gasteiger partial charge in [-0.3, -0.25) is 14.9 Å². The minimum absolute atomic E-state index is 0.0123. The molecule has 4 rings (SSSR count). The van der Waals surface area contributed by atoms with Crippen LogP contribution in [0.4, 0.5) is 11.6 Å². The van der Waals surface area contributed by atoms with Crippen molar-refractivity contribution in [3.8, 4) is 0 Å². The predicted molar refractivity (Wildman–Crippen MR) is 106 cm³/mol. The standard InChI is InChI=1S/C19H21N5O3S/c1-2-3-11-28-19-21-18-20-13-8-6-10-15(25)16(13)17(23(18)22-19)12-7-4-5-9-14(12)24(26)27/h4-5,7,9,17H,2-3,6,8,10-11H2,1H3,(H,20,21,22)/t17-/m0/s1. The van der Waals surface area contributed by atoms with E-state index in [1.54, 1.807) is 34.6 Å². The van der Waals surface area contributed by atoms with E-state index in [1.807, 2.05) is 0 Å². The van der Waals surface area contributed by atoms with Crippen molar-refractivity contribution in [2.24, 2.45) is 0 Å². The van der Waals surface area contributed by atoms with E-state index in [0.29, 0.717) is 28.7 Å². The van der Waals surface area contributed by atoms with Gasteiger partial charge in [-0.1, -0.05) is 37.2 Å². The van der Waals surface area contributed by atoms with Gasteiger partial charge in [-0.05, 0) is 25.3 Å². The van der Waals surface area contributed by atoms with Gasteiger partial charge in [0.2, 0.25) is 11.1 Å². The first-order valence-electron chi connectivity index (χ1n) is 9.46. The maximum atomic E-state index is 12.8. The summed E-state index contributed by atoms with van der Waals surface area (Å²) in [5.74, 6) is 1.45. The third-order valence-corrected chi connectivity index (χ3v) is 5.93. The van der Waals surface area contributed by atoms with E-state index in [9.17, 15) is 14.9 Å². The molecule has 0 fully saturated rings. The maximum absolute atomic E-state index is 12.8. The molecule has 0 radical (unpaired) electrons. The molecule has 0 saturated heterocycles. The average Bonchev–Trinajstić information content (AvgIpc) is 3.09. The molecule has 146 valence electrons. The number of nitro benzene ring substituents is 1. The predicted octanol–water partition coefficient (Wildman–Crippen LogP) is 4.10. The number of aromatic nitrogens is 3. The Morgan fingerprint density at radius 2 is 2.18 bits per heavy atom. The van der Waals surface area contributed by atoms with Crippen molar-refractivity contribution in [1.82, 2.24) is 14.8 Å². The summed E-state index contributed by atoms with van der Waals surface area (Å²) in [5, 5.41) is 20.1. The fraction of sp³-hybridized carbons (Fsp3) is 0.421. The number of thioether (sulfide) groups is 1. The lowest BCUT2D eigenvalue weighted by atomic mass is 9.85. The SMILES string of the molecule is CCCCSc1nc2n(n1)[C@@H](c1ccccc1[N+](=O)[O-])C1=C(CCCC1=O)N2. The van der Waals surface area contributed by atoms with Crippen molar-refractivity contribution >= 4 is 29.2 Å². The number of anilines is 1. The molecule has 1 atom stereocenters. The summed E-state index contributed by atoms with van der Waals surface area (Å²) in [6.45, 7) is 2.13. The van der Waals surface area contributed by atoms with E-state index in [-0.39, 0.29) is 11.5 Å². The van der Waals surface area contributed by atoms with Crippen LogP contribution in [0.15, 0.2) is 40.7 Å². The van der Waals surface area contributed by atoms with Gasteiger partial charge in [-0.2, -0.15) is 4.98 Å². The molecular weight excluding hydrogens is 378 g/mol. The zero-order chi connectivity index (χ0) is 19.7. The molecule has 0 unspecified atom stereocenters. The van der Waals surface area contributed by atoms with Crippen LogP contribution in [0.5, 0.6) is 0 Å². The van der Waals surface area contributed by atoms with Crippen molar-refractivity contribution in [1.29, 1.82) is 0 Å². The van der Waals surface area contributed by atoms with Gasteiger partial charge in [0.1, 0.15) is 6.04 Å². The smallest absolute Gasteiger partial charge is 0.275 e. The molecule has 2 heterocycles. The van der Waals surface area contributed by atoms with Crippen LogP contribution >= 0.6 is 11.8 Å². The van der Waals surface area contributed by atoms with Crippen LogP contribution in [0.3, 0.4) is 0 Å². The van der Waals surface area contributed by atoms with Gasteiger partial charge in [0.15, 0.2) is 5.78 Å². The van der Waals surface area contributed by atoms with Crippen LogP contribution in [-0.4, -0.2) is 31.2 Å². The molecule has 9 heteroatoms. The number of nitrogens with one attached hydrogen (secondary N) is 1. The van der Waals surface area contributed by atoms with Crippen LogP contribution in [0.25, 0.3) is 0 Å². The molecule has 1 N–H and O–H groups in total. The lowest BCUT2D eigenvalue weighted by Gasteiger charge is -2.31. The molecule has 2 aromatic rings. The Bertz CT molecular complexity index is 968. The summed E-state index contributed by atoms with van der Waals surface area (Å²) in [5.41, 5.74) is 1.83. The minimum atomic E-state index is -0.631. The Morgan fingerprint density at radius 1 is 1.36 bits per heavy atom. The average molecular weight is 399 g/mol. The van der Waals surface area contributed by atoms with Crippen molar-refractivity contribution in [2.75, 3.05) is 11.1 Å².